The number of imide groups is 1. The van der Waals surface area contributed by atoms with E-state index in [4.69, 9.17) is 16.3 Å². The van der Waals surface area contributed by atoms with Gasteiger partial charge in [0.25, 0.3) is 11.8 Å². The number of rotatable bonds is 3. The van der Waals surface area contributed by atoms with Gasteiger partial charge >= 0.3 is 0 Å². The van der Waals surface area contributed by atoms with Crippen molar-refractivity contribution < 1.29 is 14.3 Å². The van der Waals surface area contributed by atoms with Gasteiger partial charge in [0, 0.05) is 4.47 Å². The Morgan fingerprint density at radius 2 is 1.74 bits per heavy atom. The predicted molar refractivity (Wildman–Crippen MR) is 92.4 cm³/mol. The van der Waals surface area contributed by atoms with Crippen LogP contribution >= 0.6 is 27.5 Å². The minimum atomic E-state index is -0.527. The van der Waals surface area contributed by atoms with Crippen LogP contribution in [0.4, 0.5) is 5.69 Å². The van der Waals surface area contributed by atoms with E-state index in [-0.39, 0.29) is 10.6 Å². The van der Waals surface area contributed by atoms with E-state index < -0.39 is 11.8 Å². The summed E-state index contributed by atoms with van der Waals surface area (Å²) >= 11 is 9.47. The molecule has 0 saturated heterocycles. The Balaban J connectivity index is 2.02. The molecule has 0 aromatic heterocycles. The molecule has 23 heavy (non-hydrogen) atoms. The van der Waals surface area contributed by atoms with Gasteiger partial charge in [-0.3, -0.25) is 9.59 Å². The Bertz CT molecular complexity index is 830. The number of nitrogens with zero attached hydrogens (tertiary/aromatic N) is 1. The number of anilines is 1. The first-order valence-electron chi connectivity index (χ1n) is 6.71. The van der Waals surface area contributed by atoms with Crippen molar-refractivity contribution >= 4 is 50.6 Å². The predicted octanol–water partition coefficient (Wildman–Crippen LogP) is 3.98. The Labute approximate surface area is 146 Å². The van der Waals surface area contributed by atoms with Gasteiger partial charge in [-0.15, -0.1) is 0 Å². The molecule has 0 radical (unpaired) electrons. The Morgan fingerprint density at radius 1 is 1.04 bits per heavy atom. The molecule has 3 rings (SSSR count). The first kappa shape index (κ1) is 15.8. The van der Waals surface area contributed by atoms with E-state index in [2.05, 4.69) is 15.9 Å². The highest BCUT2D eigenvalue weighted by molar-refractivity contribution is 9.10. The molecule has 2 aromatic rings. The highest BCUT2D eigenvalue weighted by Crippen LogP contribution is 2.35. The fourth-order valence-electron chi connectivity index (χ4n) is 2.36. The fourth-order valence-corrected chi connectivity index (χ4v) is 3.02. The van der Waals surface area contributed by atoms with Crippen LogP contribution < -0.4 is 9.64 Å². The van der Waals surface area contributed by atoms with Crippen LogP contribution in [0.2, 0.25) is 0 Å². The molecule has 0 saturated carbocycles. The van der Waals surface area contributed by atoms with Crippen molar-refractivity contribution in [3.8, 4) is 5.75 Å². The van der Waals surface area contributed by atoms with Gasteiger partial charge in [0.05, 0.1) is 18.4 Å². The SMILES string of the molecule is COc1ccc(C2=C(Cl)C(=O)N(c3cccc(Br)c3)C2=O)cc1. The van der Waals surface area contributed by atoms with Crippen LogP contribution in [0.15, 0.2) is 58.0 Å². The third-order valence-electron chi connectivity index (χ3n) is 3.47. The molecule has 0 bridgehead atoms. The van der Waals surface area contributed by atoms with E-state index in [0.717, 1.165) is 9.37 Å². The van der Waals surface area contributed by atoms with Crippen molar-refractivity contribution in [3.05, 3.63) is 63.6 Å². The maximum Gasteiger partial charge on any atom is 0.277 e. The Kier molecular flexibility index (Phi) is 4.24. The molecule has 0 spiro atoms. The van der Waals surface area contributed by atoms with Crippen molar-refractivity contribution in [1.82, 2.24) is 0 Å². The summed E-state index contributed by atoms with van der Waals surface area (Å²) in [6, 6.07) is 13.8. The summed E-state index contributed by atoms with van der Waals surface area (Å²) in [5, 5.41) is -0.0832. The standard InChI is InChI=1S/C17H11BrClNO3/c1-23-13-7-5-10(6-8-13)14-15(19)17(22)20(16(14)21)12-4-2-3-11(18)9-12/h2-9H,1H3. The molecule has 0 fully saturated rings. The minimum absolute atomic E-state index is 0.0832. The van der Waals surface area contributed by atoms with E-state index in [9.17, 15) is 9.59 Å². The Morgan fingerprint density at radius 3 is 2.35 bits per heavy atom. The maximum absolute atomic E-state index is 12.7. The van der Waals surface area contributed by atoms with E-state index in [0.29, 0.717) is 17.0 Å². The summed E-state index contributed by atoms with van der Waals surface area (Å²) in [7, 11) is 1.56. The lowest BCUT2D eigenvalue weighted by atomic mass is 10.1. The largest absolute Gasteiger partial charge is 0.497 e. The molecule has 6 heteroatoms. The number of carbonyl (C=O) groups excluding carboxylic acids is 2. The summed E-state index contributed by atoms with van der Waals surface area (Å²) < 4.78 is 5.86. The number of halogens is 2. The van der Waals surface area contributed by atoms with Crippen molar-refractivity contribution in [2.75, 3.05) is 12.0 Å². The first-order valence-corrected chi connectivity index (χ1v) is 7.88. The second-order valence-corrected chi connectivity index (χ2v) is 6.14. The third-order valence-corrected chi connectivity index (χ3v) is 4.32. The van der Waals surface area contributed by atoms with Crippen LogP contribution in [0.3, 0.4) is 0 Å². The zero-order valence-corrected chi connectivity index (χ0v) is 14.4. The van der Waals surface area contributed by atoms with Gasteiger partial charge in [-0.05, 0) is 35.9 Å². The van der Waals surface area contributed by atoms with Crippen LogP contribution in [0, 0.1) is 0 Å². The van der Waals surface area contributed by atoms with Crippen LogP contribution in [-0.4, -0.2) is 18.9 Å². The van der Waals surface area contributed by atoms with Crippen molar-refractivity contribution in [2.45, 2.75) is 0 Å². The third kappa shape index (κ3) is 2.78. The van der Waals surface area contributed by atoms with Crippen LogP contribution in [-0.2, 0) is 9.59 Å². The fraction of sp³-hybridized carbons (Fsp3) is 0.0588. The van der Waals surface area contributed by atoms with Gasteiger partial charge < -0.3 is 4.74 Å². The molecule has 1 aliphatic heterocycles. The lowest BCUT2D eigenvalue weighted by Gasteiger charge is -2.15. The summed E-state index contributed by atoms with van der Waals surface area (Å²) in [5.74, 6) is -0.310. The van der Waals surface area contributed by atoms with Crippen molar-refractivity contribution in [1.29, 1.82) is 0 Å². The molecule has 116 valence electrons. The molecular formula is C17H11BrClNO3. The van der Waals surface area contributed by atoms with E-state index >= 15 is 0 Å². The topological polar surface area (TPSA) is 46.6 Å². The van der Waals surface area contributed by atoms with Gasteiger partial charge in [-0.2, -0.15) is 0 Å². The number of hydrogen-bond acceptors (Lipinski definition) is 3. The quantitative estimate of drug-likeness (QED) is 0.742. The van der Waals surface area contributed by atoms with E-state index in [1.54, 1.807) is 49.6 Å². The summed E-state index contributed by atoms with van der Waals surface area (Å²) in [6.07, 6.45) is 0. The van der Waals surface area contributed by atoms with Crippen LogP contribution in [0.25, 0.3) is 5.57 Å². The lowest BCUT2D eigenvalue weighted by molar-refractivity contribution is -0.119. The number of ether oxygens (including phenoxy) is 1. The number of hydrogen-bond donors (Lipinski definition) is 0. The Hall–Kier alpha value is -2.11. The van der Waals surface area contributed by atoms with Gasteiger partial charge in [0.1, 0.15) is 10.8 Å². The molecule has 0 atom stereocenters. The van der Waals surface area contributed by atoms with Gasteiger partial charge in [0.15, 0.2) is 0 Å². The van der Waals surface area contributed by atoms with E-state index in [1.807, 2.05) is 6.07 Å². The summed E-state index contributed by atoms with van der Waals surface area (Å²) in [4.78, 5) is 26.2. The average Bonchev–Trinajstić information content (AvgIpc) is 2.77. The van der Waals surface area contributed by atoms with E-state index in [1.165, 1.54) is 0 Å². The molecule has 0 aliphatic carbocycles. The molecular weight excluding hydrogens is 382 g/mol. The highest BCUT2D eigenvalue weighted by Gasteiger charge is 2.39. The van der Waals surface area contributed by atoms with Crippen LogP contribution in [0.1, 0.15) is 5.56 Å². The maximum atomic E-state index is 12.7. The molecule has 0 N–H and O–H groups in total. The van der Waals surface area contributed by atoms with Gasteiger partial charge in [0.2, 0.25) is 0 Å². The molecule has 1 aliphatic rings. The molecule has 2 aromatic carbocycles. The summed E-state index contributed by atoms with van der Waals surface area (Å²) in [5.41, 5.74) is 1.24. The number of benzene rings is 2. The zero-order valence-electron chi connectivity index (χ0n) is 12.0. The molecule has 1 heterocycles. The summed E-state index contributed by atoms with van der Waals surface area (Å²) in [6.45, 7) is 0. The zero-order chi connectivity index (χ0) is 16.6. The number of carbonyl (C=O) groups is 2. The monoisotopic (exact) mass is 391 g/mol. The number of methoxy groups -OCH3 is 1. The lowest BCUT2D eigenvalue weighted by Crippen LogP contribution is -2.31. The second-order valence-electron chi connectivity index (χ2n) is 4.84. The number of amides is 2. The smallest absolute Gasteiger partial charge is 0.277 e. The first-order chi connectivity index (χ1) is 11.0. The van der Waals surface area contributed by atoms with Gasteiger partial charge in [-0.25, -0.2) is 4.90 Å². The normalized spacial score (nSPS) is 14.7. The van der Waals surface area contributed by atoms with Gasteiger partial charge in [-0.1, -0.05) is 45.7 Å². The molecule has 0 unspecified atom stereocenters. The van der Waals surface area contributed by atoms with Crippen molar-refractivity contribution in [3.63, 3.8) is 0 Å². The highest BCUT2D eigenvalue weighted by atomic mass is 79.9. The van der Waals surface area contributed by atoms with Crippen LogP contribution in [0.5, 0.6) is 5.75 Å². The minimum Gasteiger partial charge on any atom is -0.497 e. The molecule has 4 nitrogen and oxygen atoms in total. The van der Waals surface area contributed by atoms with Crippen molar-refractivity contribution in [2.24, 2.45) is 0 Å². The average molecular weight is 393 g/mol. The second kappa shape index (κ2) is 6.18. The molecule has 2 amide bonds.